The van der Waals surface area contributed by atoms with Crippen LogP contribution < -0.4 is 4.90 Å². The SMILES string of the molecule is CO[C@@H]1[C@@H](n2cc(-c3cc(F)c(Br)c(F)c3)nn2)[C@@H](O)[C@@H](CO)O[C@H]1C(=O)N(c1cc(Cl)cc(C#N)c1)[C@H]1CC[C@@H]1O. The van der Waals surface area contributed by atoms with Gasteiger partial charge in [0.25, 0.3) is 5.91 Å². The number of rotatable bonds is 7. The Morgan fingerprint density at radius 1 is 1.26 bits per heavy atom. The Morgan fingerprint density at radius 2 is 1.98 bits per heavy atom. The van der Waals surface area contributed by atoms with Crippen molar-refractivity contribution in [1.29, 1.82) is 5.26 Å². The molecule has 222 valence electrons. The smallest absolute Gasteiger partial charge is 0.259 e. The van der Waals surface area contributed by atoms with Crippen LogP contribution in [-0.2, 0) is 14.3 Å². The number of nitrogens with zero attached hydrogens (tertiary/aromatic N) is 5. The van der Waals surface area contributed by atoms with E-state index in [0.29, 0.717) is 12.8 Å². The molecule has 1 aromatic heterocycles. The Labute approximate surface area is 251 Å². The van der Waals surface area contributed by atoms with Gasteiger partial charge in [-0.3, -0.25) is 4.79 Å². The second-order valence-corrected chi connectivity index (χ2v) is 11.3. The predicted molar refractivity (Wildman–Crippen MR) is 147 cm³/mol. The maximum absolute atomic E-state index is 14.2. The van der Waals surface area contributed by atoms with Gasteiger partial charge in [0.05, 0.1) is 41.1 Å². The number of aliphatic hydroxyl groups excluding tert-OH is 3. The first-order chi connectivity index (χ1) is 20.1. The van der Waals surface area contributed by atoms with Crippen molar-refractivity contribution in [3.05, 3.63) is 63.2 Å². The summed E-state index contributed by atoms with van der Waals surface area (Å²) in [4.78, 5) is 15.5. The van der Waals surface area contributed by atoms with Crippen molar-refractivity contribution in [2.45, 2.75) is 55.4 Å². The van der Waals surface area contributed by atoms with Gasteiger partial charge < -0.3 is 29.7 Å². The number of carbonyl (C=O) groups is 1. The van der Waals surface area contributed by atoms with Crippen molar-refractivity contribution in [2.75, 3.05) is 18.6 Å². The summed E-state index contributed by atoms with van der Waals surface area (Å²) in [6, 6.07) is 6.65. The molecule has 2 aromatic carbocycles. The van der Waals surface area contributed by atoms with E-state index in [1.54, 1.807) is 0 Å². The lowest BCUT2D eigenvalue weighted by Gasteiger charge is -2.47. The molecule has 7 atom stereocenters. The summed E-state index contributed by atoms with van der Waals surface area (Å²) < 4.78 is 40.8. The summed E-state index contributed by atoms with van der Waals surface area (Å²) in [5.41, 5.74) is 0.575. The van der Waals surface area contributed by atoms with Crippen LogP contribution in [0.3, 0.4) is 0 Å². The number of methoxy groups -OCH3 is 1. The van der Waals surface area contributed by atoms with Gasteiger partial charge in [0.1, 0.15) is 41.7 Å². The molecule has 0 radical (unpaired) electrons. The van der Waals surface area contributed by atoms with Gasteiger partial charge in [0, 0.05) is 23.4 Å². The number of amides is 1. The summed E-state index contributed by atoms with van der Waals surface area (Å²) in [7, 11) is 1.29. The Morgan fingerprint density at radius 3 is 2.55 bits per heavy atom. The summed E-state index contributed by atoms with van der Waals surface area (Å²) in [5, 5.41) is 49.4. The van der Waals surface area contributed by atoms with Crippen molar-refractivity contribution in [2.24, 2.45) is 0 Å². The maximum atomic E-state index is 14.2. The van der Waals surface area contributed by atoms with Gasteiger partial charge in [0.15, 0.2) is 6.10 Å². The highest BCUT2D eigenvalue weighted by Gasteiger charge is 2.52. The van der Waals surface area contributed by atoms with Crippen molar-refractivity contribution >= 4 is 39.1 Å². The number of anilines is 1. The van der Waals surface area contributed by atoms with Gasteiger partial charge >= 0.3 is 0 Å². The third kappa shape index (κ3) is 5.53. The molecule has 42 heavy (non-hydrogen) atoms. The van der Waals surface area contributed by atoms with Crippen LogP contribution in [0.25, 0.3) is 11.3 Å². The highest BCUT2D eigenvalue weighted by Crippen LogP contribution is 2.38. The number of carbonyl (C=O) groups excluding carboxylic acids is 1. The number of halogens is 4. The van der Waals surface area contributed by atoms with E-state index in [2.05, 4.69) is 26.2 Å². The molecular weight excluding hydrogens is 644 g/mol. The van der Waals surface area contributed by atoms with E-state index in [4.69, 9.17) is 21.1 Å². The number of nitriles is 1. The van der Waals surface area contributed by atoms with Crippen LogP contribution in [-0.4, -0.2) is 86.5 Å². The predicted octanol–water partition coefficient (Wildman–Crippen LogP) is 2.74. The standard InChI is InChI=1S/C27H25BrClF2N5O6/c1-41-25-23(35-10-18(33-34-35)13-6-16(30)22(28)17(31)7-13)24(39)21(11-37)42-26(25)27(40)36(19-2-3-20(19)38)15-5-12(9-32)4-14(29)8-15/h4-8,10,19-21,23-26,37-39H,2-3,11H2,1H3/t19-,20-,21+,23-,24-,25+,26+/m0/s1. The van der Waals surface area contributed by atoms with E-state index in [1.807, 2.05) is 6.07 Å². The zero-order valence-corrected chi connectivity index (χ0v) is 24.3. The molecule has 2 fully saturated rings. The quantitative estimate of drug-likeness (QED) is 0.323. The summed E-state index contributed by atoms with van der Waals surface area (Å²) in [5.74, 6) is -2.39. The first-order valence-corrected chi connectivity index (χ1v) is 14.0. The normalized spacial score (nSPS) is 27.3. The molecule has 5 rings (SSSR count). The number of aliphatic hydroxyl groups is 3. The third-order valence-electron chi connectivity index (χ3n) is 7.54. The fourth-order valence-corrected chi connectivity index (χ4v) is 5.74. The molecule has 2 aliphatic rings. The molecule has 1 saturated heterocycles. The fourth-order valence-electron chi connectivity index (χ4n) is 5.28. The second-order valence-electron chi connectivity index (χ2n) is 10.0. The fraction of sp³-hybridized carbons (Fsp3) is 0.407. The molecule has 3 N–H and O–H groups in total. The van der Waals surface area contributed by atoms with Crippen molar-refractivity contribution in [3.8, 4) is 17.3 Å². The van der Waals surface area contributed by atoms with Crippen LogP contribution >= 0.6 is 27.5 Å². The minimum absolute atomic E-state index is 0.0689. The lowest BCUT2D eigenvalue weighted by molar-refractivity contribution is -0.211. The van der Waals surface area contributed by atoms with Crippen LogP contribution in [0.2, 0.25) is 5.02 Å². The molecule has 1 amide bonds. The number of benzene rings is 2. The monoisotopic (exact) mass is 667 g/mol. The molecule has 0 spiro atoms. The largest absolute Gasteiger partial charge is 0.394 e. The molecule has 0 unspecified atom stereocenters. The molecular formula is C27H25BrClF2N5O6. The average molecular weight is 669 g/mol. The first kappa shape index (κ1) is 30.4. The third-order valence-corrected chi connectivity index (χ3v) is 8.52. The van der Waals surface area contributed by atoms with Crippen molar-refractivity contribution < 1.29 is 38.4 Å². The Balaban J connectivity index is 1.54. The summed E-state index contributed by atoms with van der Waals surface area (Å²) in [6.45, 7) is -0.676. The van der Waals surface area contributed by atoms with Crippen LogP contribution in [0.1, 0.15) is 24.4 Å². The second kappa shape index (κ2) is 12.3. The average Bonchev–Trinajstić information content (AvgIpc) is 3.46. The van der Waals surface area contributed by atoms with E-state index >= 15 is 0 Å². The number of aromatic nitrogens is 3. The number of hydrogen-bond acceptors (Lipinski definition) is 9. The Bertz CT molecular complexity index is 1520. The molecule has 1 aliphatic carbocycles. The van der Waals surface area contributed by atoms with Gasteiger partial charge in [-0.05, 0) is 59.1 Å². The molecule has 1 saturated carbocycles. The summed E-state index contributed by atoms with van der Waals surface area (Å²) in [6.07, 6.45) is -4.00. The summed E-state index contributed by atoms with van der Waals surface area (Å²) >= 11 is 9.05. The molecule has 15 heteroatoms. The molecule has 3 aromatic rings. The lowest BCUT2D eigenvalue weighted by atomic mass is 9.85. The molecule has 2 heterocycles. The zero-order chi connectivity index (χ0) is 30.3. The van der Waals surface area contributed by atoms with Gasteiger partial charge in [-0.15, -0.1) is 5.10 Å². The van der Waals surface area contributed by atoms with Gasteiger partial charge in [-0.25, -0.2) is 13.5 Å². The topological polar surface area (TPSA) is 154 Å². The van der Waals surface area contributed by atoms with Crippen LogP contribution in [0.15, 0.2) is 41.0 Å². The zero-order valence-electron chi connectivity index (χ0n) is 21.9. The van der Waals surface area contributed by atoms with Crippen LogP contribution in [0, 0.1) is 23.0 Å². The van der Waals surface area contributed by atoms with Gasteiger partial charge in [0.2, 0.25) is 0 Å². The van der Waals surface area contributed by atoms with E-state index in [0.717, 1.165) is 12.1 Å². The van der Waals surface area contributed by atoms with Crippen molar-refractivity contribution in [1.82, 2.24) is 15.0 Å². The minimum atomic E-state index is -1.45. The minimum Gasteiger partial charge on any atom is -0.394 e. The van der Waals surface area contributed by atoms with E-state index in [1.165, 1.54) is 41.1 Å². The highest BCUT2D eigenvalue weighted by molar-refractivity contribution is 9.10. The molecule has 11 nitrogen and oxygen atoms in total. The van der Waals surface area contributed by atoms with Gasteiger partial charge in [-0.2, -0.15) is 5.26 Å². The molecule has 1 aliphatic heterocycles. The Hall–Kier alpha value is -3.03. The number of hydrogen-bond donors (Lipinski definition) is 3. The highest BCUT2D eigenvalue weighted by atomic mass is 79.9. The van der Waals surface area contributed by atoms with Crippen molar-refractivity contribution in [3.63, 3.8) is 0 Å². The lowest BCUT2D eigenvalue weighted by Crippen LogP contribution is -2.64. The van der Waals surface area contributed by atoms with Crippen LogP contribution in [0.4, 0.5) is 14.5 Å². The van der Waals surface area contributed by atoms with Crippen LogP contribution in [0.5, 0.6) is 0 Å². The van der Waals surface area contributed by atoms with E-state index in [9.17, 15) is 34.2 Å². The van der Waals surface area contributed by atoms with E-state index < -0.39 is 66.8 Å². The number of ether oxygens (including phenoxy) is 2. The van der Waals surface area contributed by atoms with E-state index in [-0.39, 0.29) is 32.0 Å². The maximum Gasteiger partial charge on any atom is 0.259 e. The molecule has 0 bridgehead atoms. The Kier molecular flexibility index (Phi) is 8.91. The first-order valence-electron chi connectivity index (χ1n) is 12.8. The van der Waals surface area contributed by atoms with Gasteiger partial charge in [-0.1, -0.05) is 16.8 Å².